The summed E-state index contributed by atoms with van der Waals surface area (Å²) in [5.74, 6) is 0.188. The Hall–Kier alpha value is -4.19. The number of hydrogen-bond donors (Lipinski definition) is 0. The van der Waals surface area contributed by atoms with Crippen LogP contribution < -0.4 is 83.2 Å². The van der Waals surface area contributed by atoms with E-state index in [-0.39, 0.29) is 81.9 Å². The van der Waals surface area contributed by atoms with Gasteiger partial charge in [-0.1, -0.05) is 181 Å². The monoisotopic (exact) mass is 1190 g/mol. The number of carbonyl (C=O) groups is 4. The first kappa shape index (κ1) is 71.3. The number of ketones is 4. The van der Waals surface area contributed by atoms with E-state index in [1.165, 1.54) is 121 Å². The van der Waals surface area contributed by atoms with Crippen molar-refractivity contribution in [2.45, 2.75) is 158 Å². The fraction of sp³-hybridized carbons (Fsp3) is 0.360. The number of rotatable bonds is 28. The summed E-state index contributed by atoms with van der Waals surface area (Å²) in [5.41, 5.74) is 4.56. The van der Waals surface area contributed by atoms with E-state index < -0.39 is 14.5 Å². The van der Waals surface area contributed by atoms with Crippen LogP contribution in [0.3, 0.4) is 0 Å². The zero-order valence-corrected chi connectivity index (χ0v) is 56.2. The number of unbranched alkanes of at least 4 members (excludes halogenated alkanes) is 14. The van der Waals surface area contributed by atoms with Crippen LogP contribution in [0.5, 0.6) is 0 Å². The molecule has 8 heteroatoms. The first-order chi connectivity index (χ1) is 39.5. The summed E-state index contributed by atoms with van der Waals surface area (Å²) < 4.78 is 0. The van der Waals surface area contributed by atoms with E-state index in [1.54, 1.807) is 40.0 Å². The van der Waals surface area contributed by atoms with Crippen molar-refractivity contribution in [1.82, 2.24) is 0 Å². The number of hydrogen-bond acceptors (Lipinski definition) is 5. The fourth-order valence-corrected chi connectivity index (χ4v) is 20.6. The SMILES string of the molecule is C.CC1=C(C)C(=O)C(CCCCCCCCCC[P+](c2ccccc2)(c2ccccc2)c2ccccc2)=C(C)C1=O.CC1=C(C)C(=O)C(CCCCCCCCCC[P+](c2ccccc2)(c2ccccc2)c2ccccc2)=CC1=O.C[S-].[K+]. The van der Waals surface area contributed by atoms with Crippen LogP contribution >= 0.6 is 14.5 Å². The van der Waals surface area contributed by atoms with Crippen LogP contribution in [0.4, 0.5) is 0 Å². The number of benzene rings is 6. The van der Waals surface area contributed by atoms with Crippen molar-refractivity contribution in [2.75, 3.05) is 18.6 Å². The van der Waals surface area contributed by atoms with Gasteiger partial charge in [0.25, 0.3) is 0 Å². The maximum atomic E-state index is 12.6. The Balaban J connectivity index is 0.000000338. The molecule has 2 aliphatic carbocycles. The van der Waals surface area contributed by atoms with E-state index in [0.29, 0.717) is 33.4 Å². The Morgan fingerprint density at radius 2 is 0.554 bits per heavy atom. The van der Waals surface area contributed by atoms with Gasteiger partial charge in [0.05, 0.1) is 12.3 Å². The Bertz CT molecular complexity index is 2870. The summed E-state index contributed by atoms with van der Waals surface area (Å²) >= 11 is 4.08. The molecule has 432 valence electrons. The zero-order chi connectivity index (χ0) is 57.9. The largest absolute Gasteiger partial charge is 1.00 e. The third-order valence-electron chi connectivity index (χ3n) is 16.7. The summed E-state index contributed by atoms with van der Waals surface area (Å²) in [6, 6.07) is 67.0. The summed E-state index contributed by atoms with van der Waals surface area (Å²) in [6.45, 7) is 8.88. The molecule has 2 aliphatic rings. The van der Waals surface area contributed by atoms with Crippen molar-refractivity contribution in [2.24, 2.45) is 0 Å². The molecule has 0 atom stereocenters. The van der Waals surface area contributed by atoms with Crippen LogP contribution in [0, 0.1) is 0 Å². The topological polar surface area (TPSA) is 68.3 Å². The molecular formula is C75H93KO4P2S+2. The second-order valence-corrected chi connectivity index (χ2v) is 29.1. The molecule has 0 radical (unpaired) electrons. The minimum atomic E-state index is -1.72. The van der Waals surface area contributed by atoms with E-state index in [2.05, 4.69) is 195 Å². The van der Waals surface area contributed by atoms with Crippen LogP contribution in [0.1, 0.15) is 158 Å². The molecule has 6 aromatic rings. The molecule has 0 N–H and O–H groups in total. The molecule has 0 saturated heterocycles. The maximum Gasteiger partial charge on any atom is 1.00 e. The average molecular weight is 1190 g/mol. The number of allylic oxidation sites excluding steroid dienone is 8. The molecule has 0 spiro atoms. The van der Waals surface area contributed by atoms with Gasteiger partial charge in [-0.2, -0.15) is 6.26 Å². The third-order valence-corrected chi connectivity index (χ3v) is 25.8. The Kier molecular flexibility index (Phi) is 32.7. The van der Waals surface area contributed by atoms with Crippen molar-refractivity contribution in [3.63, 3.8) is 0 Å². The molecule has 0 fully saturated rings. The Morgan fingerprint density at radius 1 is 0.301 bits per heavy atom. The van der Waals surface area contributed by atoms with Crippen LogP contribution in [0.25, 0.3) is 0 Å². The second kappa shape index (κ2) is 38.1. The van der Waals surface area contributed by atoms with Gasteiger partial charge in [0.1, 0.15) is 46.4 Å². The maximum absolute atomic E-state index is 12.6. The summed E-state index contributed by atoms with van der Waals surface area (Å²) in [4.78, 5) is 49.5. The molecule has 83 heavy (non-hydrogen) atoms. The molecule has 0 bridgehead atoms. The van der Waals surface area contributed by atoms with Gasteiger partial charge < -0.3 is 12.6 Å². The minimum Gasteiger partial charge on any atom is -0.796 e. The van der Waals surface area contributed by atoms with Gasteiger partial charge in [-0.05, 0) is 165 Å². The summed E-state index contributed by atoms with van der Waals surface area (Å²) in [7, 11) is -3.43. The summed E-state index contributed by atoms with van der Waals surface area (Å²) in [6.07, 6.45) is 26.0. The number of Topliss-reactive ketones (excluding diaryl/α,β-unsaturated/α-hetero) is 3. The third kappa shape index (κ3) is 19.4. The van der Waals surface area contributed by atoms with Crippen molar-refractivity contribution < 1.29 is 70.6 Å². The molecule has 0 unspecified atom stereocenters. The molecule has 0 amide bonds. The Labute approximate surface area is 550 Å². The number of carbonyl (C=O) groups excluding carboxylic acids is 4. The smallest absolute Gasteiger partial charge is 0.796 e. The van der Waals surface area contributed by atoms with E-state index in [1.807, 2.05) is 6.92 Å². The van der Waals surface area contributed by atoms with Gasteiger partial charge in [0.2, 0.25) is 0 Å². The van der Waals surface area contributed by atoms with Gasteiger partial charge in [-0.15, -0.1) is 0 Å². The standard InChI is InChI=1S/C37H44O2P.C36H42O2P.CH4S.CH4.K/c1-29-30(2)37(39)35(31(3)36(29)38)27-19-8-6-4-5-7-9-20-28-40(32-21-13-10-14-22-32,33-23-15-11-16-24-33)34-25-17-12-18-26-34;1-29-30(2)36(38)31(28-35(29)37)20-12-7-5-3-4-6-8-19-27-39(32-21-13-9-14-22-32,33-23-15-10-16-24-33)34-25-17-11-18-26-34;1-2;;/h10-18,21-26H,4-9,19-20,27-28H2,1-3H3;9-11,13-18,21-26,28H,3-8,12,19-20,27H2,1-2H3;2H,1H3;1H4;/q2*+1;;;+1/p-1. The molecule has 0 saturated carbocycles. The van der Waals surface area contributed by atoms with Gasteiger partial charge in [0, 0.05) is 39.0 Å². The van der Waals surface area contributed by atoms with Crippen molar-refractivity contribution >= 4 is 82.1 Å². The molecule has 6 aromatic carbocycles. The molecule has 8 rings (SSSR count). The minimum absolute atomic E-state index is 0. The van der Waals surface area contributed by atoms with E-state index in [9.17, 15) is 19.2 Å². The quantitative estimate of drug-likeness (QED) is 0.0161. The van der Waals surface area contributed by atoms with Crippen LogP contribution in [0.15, 0.2) is 227 Å². The van der Waals surface area contributed by atoms with Crippen LogP contribution in [-0.4, -0.2) is 41.7 Å². The summed E-state index contributed by atoms with van der Waals surface area (Å²) in [5, 5.41) is 8.81. The van der Waals surface area contributed by atoms with Crippen molar-refractivity contribution in [1.29, 1.82) is 0 Å². The van der Waals surface area contributed by atoms with Crippen LogP contribution in [0.2, 0.25) is 0 Å². The molecule has 0 aromatic heterocycles. The zero-order valence-electron chi connectivity index (χ0n) is 50.5. The second-order valence-electron chi connectivity index (χ2n) is 21.9. The predicted molar refractivity (Wildman–Crippen MR) is 361 cm³/mol. The molecule has 0 heterocycles. The van der Waals surface area contributed by atoms with E-state index in [0.717, 1.165) is 44.1 Å². The van der Waals surface area contributed by atoms with Gasteiger partial charge >= 0.3 is 51.4 Å². The first-order valence-corrected chi connectivity index (χ1v) is 34.7. The molecular weight excluding hydrogens is 1100 g/mol. The predicted octanol–water partition coefficient (Wildman–Crippen LogP) is 14.0. The Morgan fingerprint density at radius 3 is 0.867 bits per heavy atom. The first-order valence-electron chi connectivity index (χ1n) is 29.9. The van der Waals surface area contributed by atoms with Gasteiger partial charge in [0.15, 0.2) is 23.1 Å². The molecule has 4 nitrogen and oxygen atoms in total. The van der Waals surface area contributed by atoms with Crippen molar-refractivity contribution in [3.05, 3.63) is 227 Å². The van der Waals surface area contributed by atoms with E-state index in [4.69, 9.17) is 0 Å². The average Bonchev–Trinajstić information content (AvgIpc) is 3.71. The normalized spacial score (nSPS) is 13.6. The van der Waals surface area contributed by atoms with E-state index >= 15 is 0 Å². The van der Waals surface area contributed by atoms with Gasteiger partial charge in [-0.25, -0.2) is 0 Å². The van der Waals surface area contributed by atoms with Crippen molar-refractivity contribution in [3.8, 4) is 0 Å². The van der Waals surface area contributed by atoms with Gasteiger partial charge in [-0.3, -0.25) is 19.2 Å². The fourth-order valence-electron chi connectivity index (χ4n) is 11.8. The van der Waals surface area contributed by atoms with Crippen LogP contribution in [-0.2, 0) is 31.8 Å². The molecule has 0 aliphatic heterocycles.